The van der Waals surface area contributed by atoms with E-state index in [1.807, 2.05) is 43.4 Å². The summed E-state index contributed by atoms with van der Waals surface area (Å²) in [4.78, 5) is 13.4. The van der Waals surface area contributed by atoms with Crippen LogP contribution in [0, 0.1) is 0 Å². The van der Waals surface area contributed by atoms with Crippen molar-refractivity contribution in [3.8, 4) is 11.5 Å². The quantitative estimate of drug-likeness (QED) is 0.686. The maximum atomic E-state index is 13.4. The second-order valence-electron chi connectivity index (χ2n) is 8.22. The number of fused-ring (bicyclic) bond motifs is 2. The molecular formula is C25H27N3O3. The molecule has 0 bridgehead atoms. The molecule has 2 aromatic carbocycles. The van der Waals surface area contributed by atoms with Gasteiger partial charge in [0.15, 0.2) is 11.5 Å². The minimum absolute atomic E-state index is 0.0750. The van der Waals surface area contributed by atoms with E-state index in [0.29, 0.717) is 25.3 Å². The molecule has 0 radical (unpaired) electrons. The number of aromatic nitrogens is 2. The Morgan fingerprint density at radius 2 is 1.84 bits per heavy atom. The molecular weight excluding hydrogens is 390 g/mol. The number of amides is 1. The monoisotopic (exact) mass is 417 g/mol. The molecule has 1 aromatic heterocycles. The van der Waals surface area contributed by atoms with Gasteiger partial charge in [0.2, 0.25) is 0 Å². The van der Waals surface area contributed by atoms with E-state index in [4.69, 9.17) is 9.47 Å². The highest BCUT2D eigenvalue weighted by molar-refractivity contribution is 5.94. The fraction of sp³-hybridized carbons (Fsp3) is 0.360. The average Bonchev–Trinajstić information content (AvgIpc) is 3.14. The van der Waals surface area contributed by atoms with Crippen LogP contribution in [-0.2, 0) is 26.3 Å². The third kappa shape index (κ3) is 4.02. The summed E-state index contributed by atoms with van der Waals surface area (Å²) in [5, 5.41) is 7.90. The lowest BCUT2D eigenvalue weighted by Crippen LogP contribution is -2.32. The predicted molar refractivity (Wildman–Crippen MR) is 118 cm³/mol. The molecule has 2 heterocycles. The number of carbonyl (C=O) groups is 1. The summed E-state index contributed by atoms with van der Waals surface area (Å²) in [7, 11) is 1.86. The molecule has 1 aliphatic heterocycles. The van der Waals surface area contributed by atoms with Crippen molar-refractivity contribution in [3.05, 3.63) is 76.6 Å². The van der Waals surface area contributed by atoms with Crippen molar-refractivity contribution < 1.29 is 14.3 Å². The summed E-state index contributed by atoms with van der Waals surface area (Å²) in [5.41, 5.74) is 5.02. The Morgan fingerprint density at radius 3 is 2.68 bits per heavy atom. The minimum atomic E-state index is -0.195. The van der Waals surface area contributed by atoms with Crippen LogP contribution in [0.2, 0.25) is 0 Å². The highest BCUT2D eigenvalue weighted by atomic mass is 16.6. The highest BCUT2D eigenvalue weighted by Gasteiger charge is 2.26. The molecule has 5 rings (SSSR count). The molecule has 0 spiro atoms. The van der Waals surface area contributed by atoms with Crippen LogP contribution in [0.1, 0.15) is 51.8 Å². The van der Waals surface area contributed by atoms with Crippen LogP contribution in [0.5, 0.6) is 11.5 Å². The fourth-order valence-electron chi connectivity index (χ4n) is 4.57. The van der Waals surface area contributed by atoms with Crippen molar-refractivity contribution in [1.29, 1.82) is 0 Å². The first-order valence-electron chi connectivity index (χ1n) is 11.0. The zero-order valence-electron chi connectivity index (χ0n) is 17.8. The van der Waals surface area contributed by atoms with E-state index in [2.05, 4.69) is 22.5 Å². The summed E-state index contributed by atoms with van der Waals surface area (Å²) in [6.45, 7) is 1.09. The van der Waals surface area contributed by atoms with Gasteiger partial charge in [0, 0.05) is 12.6 Å². The lowest BCUT2D eigenvalue weighted by Gasteiger charge is -2.23. The van der Waals surface area contributed by atoms with Crippen LogP contribution in [0.15, 0.2) is 48.5 Å². The molecule has 0 saturated heterocycles. The van der Waals surface area contributed by atoms with Crippen LogP contribution < -0.4 is 14.8 Å². The van der Waals surface area contributed by atoms with E-state index < -0.39 is 0 Å². The topological polar surface area (TPSA) is 65.4 Å². The normalized spacial score (nSPS) is 15.8. The number of rotatable bonds is 5. The van der Waals surface area contributed by atoms with Gasteiger partial charge in [0.25, 0.3) is 5.91 Å². The van der Waals surface area contributed by atoms with Crippen molar-refractivity contribution in [3.63, 3.8) is 0 Å². The Balaban J connectivity index is 1.46. The van der Waals surface area contributed by atoms with Gasteiger partial charge in [-0.15, -0.1) is 0 Å². The van der Waals surface area contributed by atoms with Crippen molar-refractivity contribution in [2.24, 2.45) is 7.05 Å². The molecule has 6 heteroatoms. The number of ether oxygens (including phenoxy) is 2. The third-order valence-corrected chi connectivity index (χ3v) is 6.09. The summed E-state index contributed by atoms with van der Waals surface area (Å²) in [5.74, 6) is 1.41. The number of hydrogen-bond acceptors (Lipinski definition) is 4. The number of nitrogens with one attached hydrogen (secondary N) is 1. The van der Waals surface area contributed by atoms with Gasteiger partial charge in [-0.05, 0) is 55.4 Å². The summed E-state index contributed by atoms with van der Waals surface area (Å²) in [6.07, 6.45) is 4.80. The van der Waals surface area contributed by atoms with E-state index in [-0.39, 0.29) is 11.9 Å². The van der Waals surface area contributed by atoms with Crippen molar-refractivity contribution in [2.45, 2.75) is 38.1 Å². The first-order valence-corrected chi connectivity index (χ1v) is 11.0. The van der Waals surface area contributed by atoms with Gasteiger partial charge in [0.1, 0.15) is 18.9 Å². The van der Waals surface area contributed by atoms with E-state index in [9.17, 15) is 4.79 Å². The second-order valence-corrected chi connectivity index (χ2v) is 8.22. The van der Waals surface area contributed by atoms with Crippen molar-refractivity contribution >= 4 is 5.91 Å². The summed E-state index contributed by atoms with van der Waals surface area (Å²) >= 11 is 0. The number of carbonyl (C=O) groups excluding carboxylic acids is 1. The second kappa shape index (κ2) is 8.46. The molecule has 1 atom stereocenters. The SMILES string of the molecule is Cn1nc2c(c1C(=O)N[C@H](Cc1ccccc1)c1ccc3c(c1)OCCO3)CCCC2. The molecule has 160 valence electrons. The first kappa shape index (κ1) is 19.7. The van der Waals surface area contributed by atoms with Crippen LogP contribution in [0.25, 0.3) is 0 Å². The Morgan fingerprint density at radius 1 is 1.06 bits per heavy atom. The number of aryl methyl sites for hydroxylation is 2. The number of nitrogens with zero attached hydrogens (tertiary/aromatic N) is 2. The zero-order chi connectivity index (χ0) is 21.2. The van der Waals surface area contributed by atoms with Crippen LogP contribution in [-0.4, -0.2) is 28.9 Å². The molecule has 3 aromatic rings. The smallest absolute Gasteiger partial charge is 0.270 e. The first-order chi connectivity index (χ1) is 15.2. The number of benzene rings is 2. The molecule has 0 fully saturated rings. The van der Waals surface area contributed by atoms with Gasteiger partial charge in [0.05, 0.1) is 11.7 Å². The molecule has 6 nitrogen and oxygen atoms in total. The lowest BCUT2D eigenvalue weighted by molar-refractivity contribution is 0.0925. The fourth-order valence-corrected chi connectivity index (χ4v) is 4.57. The largest absolute Gasteiger partial charge is 0.486 e. The van der Waals surface area contributed by atoms with Gasteiger partial charge in [-0.25, -0.2) is 0 Å². The van der Waals surface area contributed by atoms with Gasteiger partial charge >= 0.3 is 0 Å². The Bertz CT molecular complexity index is 1090. The number of hydrogen-bond donors (Lipinski definition) is 1. The molecule has 0 saturated carbocycles. The Kier molecular flexibility index (Phi) is 5.37. The molecule has 1 amide bonds. The third-order valence-electron chi connectivity index (χ3n) is 6.09. The van der Waals surface area contributed by atoms with Gasteiger partial charge < -0.3 is 14.8 Å². The molecule has 1 aliphatic carbocycles. The lowest BCUT2D eigenvalue weighted by atomic mass is 9.95. The summed E-state index contributed by atoms with van der Waals surface area (Å²) < 4.78 is 13.2. The van der Waals surface area contributed by atoms with Crippen molar-refractivity contribution in [2.75, 3.05) is 13.2 Å². The van der Waals surface area contributed by atoms with E-state index in [1.165, 1.54) is 0 Å². The highest BCUT2D eigenvalue weighted by Crippen LogP contribution is 2.34. The molecule has 31 heavy (non-hydrogen) atoms. The zero-order valence-corrected chi connectivity index (χ0v) is 17.8. The average molecular weight is 418 g/mol. The Hall–Kier alpha value is -3.28. The Labute approximate surface area is 182 Å². The van der Waals surface area contributed by atoms with Crippen LogP contribution in [0.4, 0.5) is 0 Å². The maximum Gasteiger partial charge on any atom is 0.270 e. The minimum Gasteiger partial charge on any atom is -0.486 e. The van der Waals surface area contributed by atoms with Crippen molar-refractivity contribution in [1.82, 2.24) is 15.1 Å². The molecule has 2 aliphatic rings. The predicted octanol–water partition coefficient (Wildman–Crippen LogP) is 3.78. The summed E-state index contributed by atoms with van der Waals surface area (Å²) in [6, 6.07) is 16.0. The van der Waals surface area contributed by atoms with Gasteiger partial charge in [-0.1, -0.05) is 36.4 Å². The van der Waals surface area contributed by atoms with E-state index in [0.717, 1.165) is 59.6 Å². The molecule has 0 unspecified atom stereocenters. The van der Waals surface area contributed by atoms with Crippen LogP contribution >= 0.6 is 0 Å². The van der Waals surface area contributed by atoms with E-state index >= 15 is 0 Å². The van der Waals surface area contributed by atoms with E-state index in [1.54, 1.807) is 4.68 Å². The maximum absolute atomic E-state index is 13.4. The molecule has 1 N–H and O–H groups in total. The standard InChI is InChI=1S/C25H27N3O3/c1-28-24(19-9-5-6-10-20(19)27-28)25(29)26-21(15-17-7-3-2-4-8-17)18-11-12-22-23(16-18)31-14-13-30-22/h2-4,7-8,11-12,16,21H,5-6,9-10,13-15H2,1H3,(H,26,29)/t21-/m1/s1. The van der Waals surface area contributed by atoms with Gasteiger partial charge in [-0.2, -0.15) is 5.10 Å². The van der Waals surface area contributed by atoms with Gasteiger partial charge in [-0.3, -0.25) is 9.48 Å². The van der Waals surface area contributed by atoms with Crippen LogP contribution in [0.3, 0.4) is 0 Å².